The molecule has 0 spiro atoms. The van der Waals surface area contributed by atoms with E-state index in [0.717, 1.165) is 5.56 Å². The second kappa shape index (κ2) is 4.34. The molecule has 2 aliphatic heterocycles. The molecule has 0 saturated carbocycles. The highest BCUT2D eigenvalue weighted by Crippen LogP contribution is 2.42. The van der Waals surface area contributed by atoms with Crippen molar-refractivity contribution < 1.29 is 28.5 Å². The van der Waals surface area contributed by atoms with Crippen LogP contribution in [0, 0.1) is 0 Å². The number of alkyl carbamates (subject to hydrolysis) is 1. The smallest absolute Gasteiger partial charge is 0.414 e. The summed E-state index contributed by atoms with van der Waals surface area (Å²) in [6.07, 6.45) is -1.29. The maximum atomic E-state index is 11.4. The molecular weight excluding hydrogens is 254 g/mol. The van der Waals surface area contributed by atoms with Gasteiger partial charge in [-0.25, -0.2) is 4.79 Å². The average Bonchev–Trinajstić information content (AvgIpc) is 2.95. The van der Waals surface area contributed by atoms with E-state index in [-0.39, 0.29) is 13.2 Å². The Hall–Kier alpha value is -2.44. The molecule has 0 aliphatic carbocycles. The van der Waals surface area contributed by atoms with Gasteiger partial charge in [-0.3, -0.25) is 10.1 Å². The first-order valence-corrected chi connectivity index (χ1v) is 5.65. The van der Waals surface area contributed by atoms with Gasteiger partial charge in [0.1, 0.15) is 0 Å². The molecule has 1 atom stereocenters. The van der Waals surface area contributed by atoms with Crippen molar-refractivity contribution in [3.8, 4) is 17.2 Å². The summed E-state index contributed by atoms with van der Waals surface area (Å²) in [5, 5.41) is 2.08. The molecule has 1 N–H and O–H groups in total. The van der Waals surface area contributed by atoms with E-state index in [4.69, 9.17) is 18.9 Å². The molecule has 1 unspecified atom stereocenters. The van der Waals surface area contributed by atoms with Gasteiger partial charge in [0, 0.05) is 6.42 Å². The third-order valence-electron chi connectivity index (χ3n) is 2.91. The predicted octanol–water partition coefficient (Wildman–Crippen LogP) is 0.601. The fraction of sp³-hybridized carbons (Fsp3) is 0.333. The molecule has 7 nitrogen and oxygen atoms in total. The van der Waals surface area contributed by atoms with Crippen molar-refractivity contribution in [2.45, 2.75) is 12.5 Å². The summed E-state index contributed by atoms with van der Waals surface area (Å²) < 4.78 is 20.6. The molecule has 0 aromatic heterocycles. The van der Waals surface area contributed by atoms with Crippen LogP contribution in [0.2, 0.25) is 0 Å². The van der Waals surface area contributed by atoms with Gasteiger partial charge >= 0.3 is 6.09 Å². The fourth-order valence-corrected chi connectivity index (χ4v) is 2.04. The van der Waals surface area contributed by atoms with Gasteiger partial charge in [-0.15, -0.1) is 0 Å². The van der Waals surface area contributed by atoms with Crippen LogP contribution in [0.15, 0.2) is 12.1 Å². The van der Waals surface area contributed by atoms with Crippen LogP contribution >= 0.6 is 0 Å². The standard InChI is InChI=1S/C12H11NO6/c1-16-7-2-6(3-8-10(7)18-5-17-8)4-9-11(14)13-12(15)19-9/h2-3,9H,4-5H2,1H3,(H,13,14,15). The third kappa shape index (κ3) is 2.03. The van der Waals surface area contributed by atoms with Gasteiger partial charge in [0.05, 0.1) is 7.11 Å². The Labute approximate surface area is 108 Å². The Morgan fingerprint density at radius 1 is 1.37 bits per heavy atom. The number of hydrogen-bond donors (Lipinski definition) is 1. The lowest BCUT2D eigenvalue weighted by Crippen LogP contribution is -2.25. The molecule has 0 radical (unpaired) electrons. The second-order valence-electron chi connectivity index (χ2n) is 4.12. The topological polar surface area (TPSA) is 83.1 Å². The molecule has 3 rings (SSSR count). The lowest BCUT2D eigenvalue weighted by Gasteiger charge is -2.10. The second-order valence-corrected chi connectivity index (χ2v) is 4.12. The Balaban J connectivity index is 1.86. The first-order chi connectivity index (χ1) is 9.17. The van der Waals surface area contributed by atoms with Crippen molar-refractivity contribution in [1.82, 2.24) is 5.32 Å². The van der Waals surface area contributed by atoms with Gasteiger partial charge < -0.3 is 18.9 Å². The number of imide groups is 1. The zero-order chi connectivity index (χ0) is 13.4. The molecule has 2 aliphatic rings. The molecule has 1 aromatic rings. The minimum atomic E-state index is -0.822. The summed E-state index contributed by atoms with van der Waals surface area (Å²) in [4.78, 5) is 22.4. The summed E-state index contributed by atoms with van der Waals surface area (Å²) in [6.45, 7) is 0.133. The van der Waals surface area contributed by atoms with Crippen LogP contribution in [-0.4, -0.2) is 32.0 Å². The highest BCUT2D eigenvalue weighted by Gasteiger charge is 2.33. The van der Waals surface area contributed by atoms with Crippen LogP contribution in [0.3, 0.4) is 0 Å². The van der Waals surface area contributed by atoms with Gasteiger partial charge in [-0.2, -0.15) is 0 Å². The number of nitrogens with one attached hydrogen (secondary N) is 1. The molecule has 100 valence electrons. The number of carbonyl (C=O) groups is 2. The van der Waals surface area contributed by atoms with Gasteiger partial charge in [-0.1, -0.05) is 0 Å². The number of cyclic esters (lactones) is 1. The summed E-state index contributed by atoms with van der Waals surface area (Å²) in [5.41, 5.74) is 0.760. The number of hydrogen-bond acceptors (Lipinski definition) is 6. The van der Waals surface area contributed by atoms with E-state index in [0.29, 0.717) is 17.2 Å². The Kier molecular flexibility index (Phi) is 2.66. The highest BCUT2D eigenvalue weighted by molar-refractivity contribution is 6.00. The predicted molar refractivity (Wildman–Crippen MR) is 61.2 cm³/mol. The summed E-state index contributed by atoms with van der Waals surface area (Å²) in [7, 11) is 1.52. The average molecular weight is 265 g/mol. The number of amides is 2. The van der Waals surface area contributed by atoms with Crippen molar-refractivity contribution in [2.75, 3.05) is 13.9 Å². The lowest BCUT2D eigenvalue weighted by molar-refractivity contribution is -0.123. The molecule has 0 bridgehead atoms. The zero-order valence-electron chi connectivity index (χ0n) is 10.1. The van der Waals surface area contributed by atoms with E-state index >= 15 is 0 Å². The fourth-order valence-electron chi connectivity index (χ4n) is 2.04. The number of carbonyl (C=O) groups excluding carboxylic acids is 2. The molecule has 2 amide bonds. The SMILES string of the molecule is COc1cc(CC2OC(=O)NC2=O)cc2c1OCO2. The number of benzene rings is 1. The summed E-state index contributed by atoms with van der Waals surface area (Å²) >= 11 is 0. The number of ether oxygens (including phenoxy) is 4. The van der Waals surface area contributed by atoms with Crippen molar-refractivity contribution in [1.29, 1.82) is 0 Å². The van der Waals surface area contributed by atoms with Gasteiger partial charge in [-0.05, 0) is 17.7 Å². The Morgan fingerprint density at radius 2 is 2.21 bits per heavy atom. The first kappa shape index (κ1) is 11.6. The Morgan fingerprint density at radius 3 is 2.89 bits per heavy atom. The van der Waals surface area contributed by atoms with E-state index in [9.17, 15) is 9.59 Å². The molecular formula is C12H11NO6. The van der Waals surface area contributed by atoms with Crippen LogP contribution < -0.4 is 19.5 Å². The van der Waals surface area contributed by atoms with Crippen LogP contribution in [0.5, 0.6) is 17.2 Å². The quantitative estimate of drug-likeness (QED) is 0.861. The molecule has 1 saturated heterocycles. The van der Waals surface area contributed by atoms with Crippen LogP contribution in [-0.2, 0) is 16.0 Å². The van der Waals surface area contributed by atoms with Crippen LogP contribution in [0.1, 0.15) is 5.56 Å². The summed E-state index contributed by atoms with van der Waals surface area (Å²) in [5.74, 6) is 1.18. The number of rotatable bonds is 3. The summed E-state index contributed by atoms with van der Waals surface area (Å²) in [6, 6.07) is 3.47. The minimum absolute atomic E-state index is 0.133. The van der Waals surface area contributed by atoms with E-state index < -0.39 is 18.1 Å². The molecule has 1 aromatic carbocycles. The van der Waals surface area contributed by atoms with Gasteiger partial charge in [0.25, 0.3) is 5.91 Å². The normalized spacial score (nSPS) is 20.2. The molecule has 7 heteroatoms. The number of fused-ring (bicyclic) bond motifs is 1. The van der Waals surface area contributed by atoms with Crippen LogP contribution in [0.4, 0.5) is 4.79 Å². The van der Waals surface area contributed by atoms with Crippen molar-refractivity contribution in [3.63, 3.8) is 0 Å². The van der Waals surface area contributed by atoms with E-state index in [1.54, 1.807) is 12.1 Å². The lowest BCUT2D eigenvalue weighted by atomic mass is 10.1. The van der Waals surface area contributed by atoms with E-state index in [2.05, 4.69) is 5.32 Å². The van der Waals surface area contributed by atoms with Gasteiger partial charge in [0.15, 0.2) is 17.6 Å². The number of methoxy groups -OCH3 is 1. The Bertz CT molecular complexity index is 555. The minimum Gasteiger partial charge on any atom is -0.493 e. The van der Waals surface area contributed by atoms with E-state index in [1.807, 2.05) is 0 Å². The highest BCUT2D eigenvalue weighted by atomic mass is 16.7. The molecule has 19 heavy (non-hydrogen) atoms. The zero-order valence-corrected chi connectivity index (χ0v) is 10.1. The maximum absolute atomic E-state index is 11.4. The van der Waals surface area contributed by atoms with Crippen molar-refractivity contribution in [2.24, 2.45) is 0 Å². The molecule has 2 heterocycles. The van der Waals surface area contributed by atoms with Gasteiger partial charge in [0.2, 0.25) is 12.5 Å². The third-order valence-corrected chi connectivity index (χ3v) is 2.91. The van der Waals surface area contributed by atoms with Crippen molar-refractivity contribution in [3.05, 3.63) is 17.7 Å². The van der Waals surface area contributed by atoms with E-state index in [1.165, 1.54) is 7.11 Å². The monoisotopic (exact) mass is 265 g/mol. The van der Waals surface area contributed by atoms with Crippen molar-refractivity contribution >= 4 is 12.0 Å². The maximum Gasteiger partial charge on any atom is 0.414 e. The van der Waals surface area contributed by atoms with Crippen LogP contribution in [0.25, 0.3) is 0 Å². The molecule has 1 fully saturated rings. The largest absolute Gasteiger partial charge is 0.493 e. The first-order valence-electron chi connectivity index (χ1n) is 5.65.